The number of rotatable bonds is 12. The normalized spacial score (nSPS) is 35.8. The van der Waals surface area contributed by atoms with Crippen molar-refractivity contribution in [2.24, 2.45) is 45.3 Å². The van der Waals surface area contributed by atoms with Gasteiger partial charge >= 0.3 is 11.9 Å². The quantitative estimate of drug-likeness (QED) is 0.121. The third-order valence-corrected chi connectivity index (χ3v) is 14.4. The van der Waals surface area contributed by atoms with Crippen molar-refractivity contribution >= 4 is 11.9 Å². The van der Waals surface area contributed by atoms with E-state index in [1.165, 1.54) is 22.3 Å². The fourth-order valence-corrected chi connectivity index (χ4v) is 11.1. The predicted octanol–water partition coefficient (Wildman–Crippen LogP) is 9.46. The van der Waals surface area contributed by atoms with Gasteiger partial charge in [0, 0.05) is 5.41 Å². The van der Waals surface area contributed by atoms with E-state index in [1.54, 1.807) is 0 Å². The number of ether oxygens (including phenoxy) is 2. The average Bonchev–Trinajstić information content (AvgIpc) is 3.00. The number of carbonyl (C=O) groups excluding carboxylic acids is 2. The lowest BCUT2D eigenvalue weighted by Gasteiger charge is -2.59. The van der Waals surface area contributed by atoms with Crippen LogP contribution in [0, 0.1) is 45.3 Å². The van der Waals surface area contributed by atoms with E-state index in [-0.39, 0.29) is 53.5 Å². The van der Waals surface area contributed by atoms with Crippen molar-refractivity contribution in [1.29, 1.82) is 0 Å². The molecule has 4 aliphatic carbocycles. The first-order valence-electron chi connectivity index (χ1n) is 19.2. The predicted molar refractivity (Wildman–Crippen MR) is 197 cm³/mol. The van der Waals surface area contributed by atoms with Crippen LogP contribution >= 0.6 is 0 Å². The van der Waals surface area contributed by atoms with Crippen LogP contribution in [0.25, 0.3) is 0 Å². The fraction of sp³-hybridized carbons (Fsp3) is 0.767. The highest BCUT2D eigenvalue weighted by Crippen LogP contribution is 2.62. The van der Waals surface area contributed by atoms with Crippen molar-refractivity contribution in [2.45, 2.75) is 152 Å². The minimum Gasteiger partial charge on any atom is -0.461 e. The molecule has 0 aliphatic heterocycles. The summed E-state index contributed by atoms with van der Waals surface area (Å²) >= 11 is 0. The van der Waals surface area contributed by atoms with Gasteiger partial charge < -0.3 is 19.7 Å². The van der Waals surface area contributed by atoms with Crippen molar-refractivity contribution in [1.82, 2.24) is 0 Å². The minimum absolute atomic E-state index is 0.0829. The SMILES string of the molecule is CC1=CC[C@@H]2C(C)(C)[C@@H](OC(=O)CC(=O)OC/C=C(\C)CC[C@@H]3C(C)=CC[C@@H]4C(C)(C)[C@@H](O)CC[C@]34C)CC[C@]2(C)[C@@H]1CC/C(C)=C/CO. The van der Waals surface area contributed by atoms with E-state index in [1.807, 2.05) is 12.2 Å². The third kappa shape index (κ3) is 8.32. The zero-order valence-corrected chi connectivity index (χ0v) is 32.5. The molecule has 2 N–H and O–H groups in total. The van der Waals surface area contributed by atoms with Gasteiger partial charge in [-0.3, -0.25) is 9.59 Å². The molecule has 0 unspecified atom stereocenters. The molecule has 4 aliphatic rings. The summed E-state index contributed by atoms with van der Waals surface area (Å²) in [5, 5.41) is 20.1. The van der Waals surface area contributed by atoms with Gasteiger partial charge in [-0.05, 0) is 138 Å². The summed E-state index contributed by atoms with van der Waals surface area (Å²) < 4.78 is 11.5. The zero-order valence-electron chi connectivity index (χ0n) is 32.5. The Labute approximate surface area is 297 Å². The fourth-order valence-electron chi connectivity index (χ4n) is 11.1. The summed E-state index contributed by atoms with van der Waals surface area (Å²) in [6, 6.07) is 0. The average molecular weight is 681 g/mol. The number of carbonyl (C=O) groups is 2. The van der Waals surface area contributed by atoms with Crippen LogP contribution in [0.2, 0.25) is 0 Å². The highest BCUT2D eigenvalue weighted by atomic mass is 16.6. The van der Waals surface area contributed by atoms with E-state index >= 15 is 0 Å². The van der Waals surface area contributed by atoms with Crippen molar-refractivity contribution in [3.8, 4) is 0 Å². The second-order valence-corrected chi connectivity index (χ2v) is 18.0. The van der Waals surface area contributed by atoms with Gasteiger partial charge in [0.1, 0.15) is 19.1 Å². The Hall–Kier alpha value is -2.18. The van der Waals surface area contributed by atoms with Gasteiger partial charge in [-0.2, -0.15) is 0 Å². The van der Waals surface area contributed by atoms with Crippen LogP contribution < -0.4 is 0 Å². The molecule has 8 atom stereocenters. The highest BCUT2D eigenvalue weighted by molar-refractivity contribution is 5.91. The number of aliphatic hydroxyl groups excluding tert-OH is 2. The Morgan fingerprint density at radius 3 is 1.86 bits per heavy atom. The Bertz CT molecular complexity index is 1330. The summed E-state index contributed by atoms with van der Waals surface area (Å²) in [7, 11) is 0. The van der Waals surface area contributed by atoms with Crippen LogP contribution in [0.3, 0.4) is 0 Å². The molecule has 0 amide bonds. The summed E-state index contributed by atoms with van der Waals surface area (Å²) in [5.41, 5.74) is 5.28. The number of esters is 2. The molecule has 0 aromatic heterocycles. The maximum absolute atomic E-state index is 13.0. The Balaban J connectivity index is 1.26. The lowest BCUT2D eigenvalue weighted by atomic mass is 9.47. The molecule has 4 rings (SSSR count). The van der Waals surface area contributed by atoms with Gasteiger partial charge in [0.05, 0.1) is 12.7 Å². The standard InChI is InChI=1S/C43H68O6/c1-28(21-25-44)11-15-33-31(4)14-18-35-41(7,8)37(20-24-43(33,35)10)49-39(47)27-38(46)48-26-22-29(2)12-16-32-30(3)13-17-34-40(5,6)36(45)19-23-42(32,34)9/h13-14,21-22,32-37,44-45H,11-12,15-20,23-27H2,1-10H3/b28-21+,29-22+/t32-,33-,34-,35-,36+,37+,42-,43-/m1/s1. The summed E-state index contributed by atoms with van der Waals surface area (Å²) in [6.07, 6.45) is 17.5. The van der Waals surface area contributed by atoms with Gasteiger partial charge in [-0.1, -0.05) is 82.1 Å². The van der Waals surface area contributed by atoms with Crippen LogP contribution in [-0.4, -0.2) is 47.6 Å². The first-order chi connectivity index (χ1) is 22.9. The Kier molecular flexibility index (Phi) is 12.6. The Morgan fingerprint density at radius 2 is 1.31 bits per heavy atom. The van der Waals surface area contributed by atoms with Crippen LogP contribution in [0.5, 0.6) is 0 Å². The molecule has 0 spiro atoms. The van der Waals surface area contributed by atoms with E-state index in [4.69, 9.17) is 9.47 Å². The van der Waals surface area contributed by atoms with Gasteiger partial charge in [0.25, 0.3) is 0 Å². The van der Waals surface area contributed by atoms with Gasteiger partial charge in [0.2, 0.25) is 0 Å². The molecule has 0 saturated heterocycles. The van der Waals surface area contributed by atoms with E-state index in [0.29, 0.717) is 23.7 Å². The van der Waals surface area contributed by atoms with Crippen molar-refractivity contribution in [3.63, 3.8) is 0 Å². The molecule has 0 aromatic rings. The highest BCUT2D eigenvalue weighted by Gasteiger charge is 2.57. The summed E-state index contributed by atoms with van der Waals surface area (Å²) in [5.74, 6) is 0.700. The van der Waals surface area contributed by atoms with Crippen LogP contribution in [0.4, 0.5) is 0 Å². The first-order valence-corrected chi connectivity index (χ1v) is 19.2. The lowest BCUT2D eigenvalue weighted by Crippen LogP contribution is -2.55. The zero-order chi connectivity index (χ0) is 36.4. The number of fused-ring (bicyclic) bond motifs is 2. The maximum atomic E-state index is 13.0. The van der Waals surface area contributed by atoms with Gasteiger partial charge in [-0.25, -0.2) is 0 Å². The first kappa shape index (κ1) is 39.6. The smallest absolute Gasteiger partial charge is 0.317 e. The largest absolute Gasteiger partial charge is 0.461 e. The van der Waals surface area contributed by atoms with Crippen LogP contribution in [0.15, 0.2) is 46.6 Å². The van der Waals surface area contributed by atoms with Gasteiger partial charge in [-0.15, -0.1) is 0 Å². The van der Waals surface area contributed by atoms with Crippen molar-refractivity contribution in [3.05, 3.63) is 46.6 Å². The molecule has 6 heteroatoms. The molecule has 6 nitrogen and oxygen atoms in total. The second-order valence-electron chi connectivity index (χ2n) is 18.0. The number of allylic oxidation sites excluding steroid dienone is 6. The molecule has 0 radical (unpaired) electrons. The van der Waals surface area contributed by atoms with Crippen molar-refractivity contribution < 1.29 is 29.3 Å². The van der Waals surface area contributed by atoms with E-state index in [2.05, 4.69) is 81.4 Å². The maximum Gasteiger partial charge on any atom is 0.317 e. The number of hydrogen-bond donors (Lipinski definition) is 2. The molecule has 0 bridgehead atoms. The summed E-state index contributed by atoms with van der Waals surface area (Å²) in [4.78, 5) is 25.7. The van der Waals surface area contributed by atoms with Gasteiger partial charge in [0.15, 0.2) is 0 Å². The van der Waals surface area contributed by atoms with Crippen molar-refractivity contribution in [2.75, 3.05) is 13.2 Å². The van der Waals surface area contributed by atoms with E-state index in [9.17, 15) is 19.8 Å². The van der Waals surface area contributed by atoms with Crippen LogP contribution in [0.1, 0.15) is 140 Å². The summed E-state index contributed by atoms with van der Waals surface area (Å²) in [6.45, 7) is 22.7. The van der Waals surface area contributed by atoms with Crippen LogP contribution in [-0.2, 0) is 19.1 Å². The molecular weight excluding hydrogens is 612 g/mol. The molecule has 2 saturated carbocycles. The second kappa shape index (κ2) is 15.6. The monoisotopic (exact) mass is 681 g/mol. The Morgan fingerprint density at radius 1 is 0.796 bits per heavy atom. The molecule has 0 heterocycles. The molecule has 276 valence electrons. The van der Waals surface area contributed by atoms with E-state index in [0.717, 1.165) is 64.2 Å². The minimum atomic E-state index is -0.542. The number of aliphatic hydroxyl groups is 2. The molecular formula is C43H68O6. The molecule has 0 aromatic carbocycles. The molecule has 49 heavy (non-hydrogen) atoms. The van der Waals surface area contributed by atoms with E-state index < -0.39 is 11.9 Å². The third-order valence-electron chi connectivity index (χ3n) is 14.4. The molecule has 2 fully saturated rings. The number of hydrogen-bond acceptors (Lipinski definition) is 6. The topological polar surface area (TPSA) is 93.1 Å². The lowest BCUT2D eigenvalue weighted by molar-refractivity contribution is -0.176.